The van der Waals surface area contributed by atoms with Crippen molar-refractivity contribution in [3.05, 3.63) is 60.2 Å². The van der Waals surface area contributed by atoms with Crippen molar-refractivity contribution in [1.82, 2.24) is 4.90 Å². The van der Waals surface area contributed by atoms with Gasteiger partial charge in [-0.25, -0.2) is 8.42 Å². The molecule has 6 nitrogen and oxygen atoms in total. The number of ether oxygens (including phenoxy) is 1. The fourth-order valence-corrected chi connectivity index (χ4v) is 6.21. The van der Waals surface area contributed by atoms with Crippen LogP contribution < -0.4 is 9.64 Å². The van der Waals surface area contributed by atoms with Crippen LogP contribution in [0.4, 0.5) is 5.69 Å². The second kappa shape index (κ2) is 7.56. The smallest absolute Gasteiger partial charge is 0.241 e. The lowest BCUT2D eigenvalue weighted by Crippen LogP contribution is -2.62. The van der Waals surface area contributed by atoms with Crippen LogP contribution in [-0.4, -0.2) is 63.0 Å². The molecule has 7 heteroatoms. The number of sulfone groups is 1. The first kappa shape index (κ1) is 19.0. The number of carbonyl (C=O) groups excluding carboxylic acids is 1. The van der Waals surface area contributed by atoms with Gasteiger partial charge in [0.15, 0.2) is 9.84 Å². The quantitative estimate of drug-likeness (QED) is 0.765. The van der Waals surface area contributed by atoms with E-state index in [2.05, 4.69) is 0 Å². The van der Waals surface area contributed by atoms with Gasteiger partial charge in [0, 0.05) is 18.3 Å². The van der Waals surface area contributed by atoms with Gasteiger partial charge in [0.05, 0.1) is 31.2 Å². The van der Waals surface area contributed by atoms with Crippen LogP contribution in [0.3, 0.4) is 0 Å². The summed E-state index contributed by atoms with van der Waals surface area (Å²) in [5, 5.41) is 0. The molecule has 2 aliphatic rings. The molecule has 0 radical (unpaired) electrons. The highest BCUT2D eigenvalue weighted by molar-refractivity contribution is 7.91. The maximum atomic E-state index is 12.9. The van der Waals surface area contributed by atoms with Crippen LogP contribution >= 0.6 is 0 Å². The van der Waals surface area contributed by atoms with Gasteiger partial charge in [0.1, 0.15) is 5.75 Å². The third kappa shape index (κ3) is 3.77. The van der Waals surface area contributed by atoms with Crippen LogP contribution in [0, 0.1) is 0 Å². The third-order valence-electron chi connectivity index (χ3n) is 5.56. The predicted octanol–water partition coefficient (Wildman–Crippen LogP) is 1.75. The zero-order valence-electron chi connectivity index (χ0n) is 15.8. The molecule has 2 fully saturated rings. The Morgan fingerprint density at radius 3 is 2.54 bits per heavy atom. The summed E-state index contributed by atoms with van der Waals surface area (Å²) >= 11 is 0. The van der Waals surface area contributed by atoms with Crippen molar-refractivity contribution in [2.24, 2.45) is 0 Å². The first-order chi connectivity index (χ1) is 13.5. The van der Waals surface area contributed by atoms with Crippen molar-refractivity contribution in [3.8, 4) is 5.75 Å². The Morgan fingerprint density at radius 2 is 1.79 bits per heavy atom. The van der Waals surface area contributed by atoms with Crippen molar-refractivity contribution in [3.63, 3.8) is 0 Å². The van der Waals surface area contributed by atoms with Crippen LogP contribution in [0.5, 0.6) is 5.75 Å². The number of piperazine rings is 1. The summed E-state index contributed by atoms with van der Waals surface area (Å²) in [7, 11) is -1.54. The molecule has 28 heavy (non-hydrogen) atoms. The zero-order chi connectivity index (χ0) is 19.7. The van der Waals surface area contributed by atoms with Crippen LogP contribution in [0.25, 0.3) is 0 Å². The number of benzene rings is 2. The highest BCUT2D eigenvalue weighted by Gasteiger charge is 2.49. The molecule has 0 spiro atoms. The third-order valence-corrected chi connectivity index (χ3v) is 7.26. The summed E-state index contributed by atoms with van der Waals surface area (Å²) in [5.74, 6) is 0.874. The van der Waals surface area contributed by atoms with Gasteiger partial charge in [-0.1, -0.05) is 30.3 Å². The van der Waals surface area contributed by atoms with Crippen molar-refractivity contribution in [2.75, 3.05) is 36.6 Å². The molecule has 0 unspecified atom stereocenters. The van der Waals surface area contributed by atoms with Gasteiger partial charge >= 0.3 is 0 Å². The second-order valence-corrected chi connectivity index (χ2v) is 9.54. The lowest BCUT2D eigenvalue weighted by atomic mass is 10.0. The number of carbonyl (C=O) groups is 1. The minimum absolute atomic E-state index is 0.0218. The monoisotopic (exact) mass is 400 g/mol. The van der Waals surface area contributed by atoms with E-state index in [0.717, 1.165) is 23.4 Å². The van der Waals surface area contributed by atoms with E-state index < -0.39 is 9.84 Å². The minimum atomic E-state index is -3.18. The predicted molar refractivity (Wildman–Crippen MR) is 108 cm³/mol. The fraction of sp³-hybridized carbons (Fsp3) is 0.381. The van der Waals surface area contributed by atoms with Crippen LogP contribution in [0.2, 0.25) is 0 Å². The molecule has 2 aliphatic heterocycles. The molecular weight excluding hydrogens is 376 g/mol. The molecule has 2 atom stereocenters. The molecule has 2 aromatic carbocycles. The number of rotatable bonds is 5. The molecule has 148 valence electrons. The first-order valence-corrected chi connectivity index (χ1v) is 11.2. The number of para-hydroxylation sites is 1. The van der Waals surface area contributed by atoms with E-state index in [-0.39, 0.29) is 36.0 Å². The fourth-order valence-electron chi connectivity index (χ4n) is 4.23. The van der Waals surface area contributed by atoms with Crippen LogP contribution in [0.15, 0.2) is 54.6 Å². The molecule has 2 aromatic rings. The summed E-state index contributed by atoms with van der Waals surface area (Å²) in [6.07, 6.45) is 0.735. The lowest BCUT2D eigenvalue weighted by Gasteiger charge is -2.43. The van der Waals surface area contributed by atoms with Gasteiger partial charge in [-0.3, -0.25) is 9.69 Å². The van der Waals surface area contributed by atoms with Gasteiger partial charge in [0.2, 0.25) is 5.91 Å². The first-order valence-electron chi connectivity index (χ1n) is 9.41. The van der Waals surface area contributed by atoms with Crippen LogP contribution in [0.1, 0.15) is 5.56 Å². The Balaban J connectivity index is 1.56. The van der Waals surface area contributed by atoms with Gasteiger partial charge in [-0.2, -0.15) is 0 Å². The largest absolute Gasteiger partial charge is 0.497 e. The van der Waals surface area contributed by atoms with Crippen molar-refractivity contribution >= 4 is 21.4 Å². The summed E-state index contributed by atoms with van der Waals surface area (Å²) in [4.78, 5) is 16.7. The second-order valence-electron chi connectivity index (χ2n) is 7.38. The number of hydrogen-bond acceptors (Lipinski definition) is 5. The Bertz CT molecular complexity index is 961. The molecule has 2 heterocycles. The SMILES string of the molecule is COc1cccc(CCN2CC(=O)N(c3ccccc3)[C@@H]3CS(=O)(=O)C[C@@H]32)c1. The van der Waals surface area contributed by atoms with E-state index in [9.17, 15) is 13.2 Å². The van der Waals surface area contributed by atoms with E-state index in [1.165, 1.54) is 0 Å². The summed E-state index contributed by atoms with van der Waals surface area (Å²) in [5.41, 5.74) is 1.88. The topological polar surface area (TPSA) is 66.9 Å². The Hall–Kier alpha value is -2.38. The summed E-state index contributed by atoms with van der Waals surface area (Å²) in [6.45, 7) is 0.869. The van der Waals surface area contributed by atoms with Gasteiger partial charge in [0.25, 0.3) is 0 Å². The van der Waals surface area contributed by atoms with E-state index >= 15 is 0 Å². The Morgan fingerprint density at radius 1 is 1.04 bits per heavy atom. The molecule has 4 rings (SSSR count). The van der Waals surface area contributed by atoms with Gasteiger partial charge in [-0.05, 0) is 36.2 Å². The highest BCUT2D eigenvalue weighted by Crippen LogP contribution is 2.31. The molecule has 0 aromatic heterocycles. The molecule has 0 aliphatic carbocycles. The molecule has 0 N–H and O–H groups in total. The Labute approximate surface area is 165 Å². The van der Waals surface area contributed by atoms with Gasteiger partial charge < -0.3 is 9.64 Å². The highest BCUT2D eigenvalue weighted by atomic mass is 32.2. The number of fused-ring (bicyclic) bond motifs is 1. The van der Waals surface area contributed by atoms with Crippen molar-refractivity contribution in [1.29, 1.82) is 0 Å². The normalized spacial score (nSPS) is 24.2. The molecule has 0 bridgehead atoms. The zero-order valence-corrected chi connectivity index (χ0v) is 16.6. The van der Waals surface area contributed by atoms with Crippen LogP contribution in [-0.2, 0) is 21.1 Å². The molecule has 1 amide bonds. The number of amides is 1. The van der Waals surface area contributed by atoms with E-state index in [0.29, 0.717) is 6.54 Å². The summed E-state index contributed by atoms with van der Waals surface area (Å²) in [6, 6.07) is 16.7. The van der Waals surface area contributed by atoms with Gasteiger partial charge in [-0.15, -0.1) is 0 Å². The summed E-state index contributed by atoms with van der Waals surface area (Å²) < 4.78 is 30.1. The molecule has 2 saturated heterocycles. The number of nitrogens with zero attached hydrogens (tertiary/aromatic N) is 2. The average Bonchev–Trinajstić information content (AvgIpc) is 3.01. The Kier molecular flexibility index (Phi) is 5.12. The van der Waals surface area contributed by atoms with E-state index in [4.69, 9.17) is 4.74 Å². The average molecular weight is 401 g/mol. The standard InChI is InChI=1S/C21H24N2O4S/c1-27-18-9-5-6-16(12-18)10-11-22-13-21(24)23(17-7-3-2-4-8-17)20-15-28(25,26)14-19(20)22/h2-9,12,19-20H,10-11,13-15H2,1H3/t19-,20+/m0/s1. The van der Waals surface area contributed by atoms with E-state index in [1.807, 2.05) is 59.5 Å². The van der Waals surface area contributed by atoms with Crippen molar-refractivity contribution in [2.45, 2.75) is 18.5 Å². The number of anilines is 1. The minimum Gasteiger partial charge on any atom is -0.497 e. The molecule has 0 saturated carbocycles. The lowest BCUT2D eigenvalue weighted by molar-refractivity contribution is -0.123. The number of hydrogen-bond donors (Lipinski definition) is 0. The molecular formula is C21H24N2O4S. The van der Waals surface area contributed by atoms with Crippen molar-refractivity contribution < 1.29 is 17.9 Å². The maximum absolute atomic E-state index is 12.9. The maximum Gasteiger partial charge on any atom is 0.241 e. The number of methoxy groups -OCH3 is 1. The van der Waals surface area contributed by atoms with E-state index in [1.54, 1.807) is 12.0 Å².